The minimum atomic E-state index is -2.63. The van der Waals surface area contributed by atoms with Crippen molar-refractivity contribution in [2.75, 3.05) is 42.7 Å². The number of pyridine rings is 1. The van der Waals surface area contributed by atoms with Crippen LogP contribution < -0.4 is 21.1 Å². The molecule has 1 saturated heterocycles. The van der Waals surface area contributed by atoms with E-state index in [1.165, 1.54) is 5.69 Å². The average Bonchev–Trinajstić information content (AvgIpc) is 2.89. The van der Waals surface area contributed by atoms with Gasteiger partial charge in [0.15, 0.2) is 0 Å². The summed E-state index contributed by atoms with van der Waals surface area (Å²) in [5.41, 5.74) is 3.06. The lowest BCUT2D eigenvalue weighted by molar-refractivity contribution is 0.589. The maximum Gasteiger partial charge on any atom is 0.260 e. The summed E-state index contributed by atoms with van der Waals surface area (Å²) >= 11 is 6.52. The highest BCUT2D eigenvalue weighted by Gasteiger charge is 2.20. The lowest BCUT2D eigenvalue weighted by Crippen LogP contribution is -2.43. The van der Waals surface area contributed by atoms with Gasteiger partial charge in [-0.15, -0.1) is 0 Å². The Kier molecular flexibility index (Phi) is 6.94. The highest BCUT2D eigenvalue weighted by atomic mass is 35.5. The lowest BCUT2D eigenvalue weighted by atomic mass is 10.1. The first kappa shape index (κ1) is 25.3. The van der Waals surface area contributed by atoms with E-state index in [1.54, 1.807) is 41.3 Å². The van der Waals surface area contributed by atoms with Gasteiger partial charge in [0.05, 0.1) is 5.56 Å². The average molecular weight is 537 g/mol. The van der Waals surface area contributed by atoms with Gasteiger partial charge in [-0.25, -0.2) is 4.98 Å². The van der Waals surface area contributed by atoms with Crippen molar-refractivity contribution in [3.63, 3.8) is 0 Å². The molecule has 8 nitrogen and oxygen atoms in total. The monoisotopic (exact) mass is 536 g/mol. The molecular weight excluding hydrogens is 508 g/mol. The van der Waals surface area contributed by atoms with Crippen molar-refractivity contribution >= 4 is 55.3 Å². The summed E-state index contributed by atoms with van der Waals surface area (Å²) in [6.07, 6.45) is 3.22. The Morgan fingerprint density at radius 3 is 2.57 bits per heavy atom. The number of halogens is 1. The number of anilines is 3. The Morgan fingerprint density at radius 2 is 1.89 bits per heavy atom. The number of hydrogen-bond donors (Lipinski definition) is 2. The first-order valence-corrected chi connectivity index (χ1v) is 14.6. The van der Waals surface area contributed by atoms with Gasteiger partial charge in [0.2, 0.25) is 5.95 Å². The Bertz CT molecular complexity index is 1630. The SMILES string of the molecule is C=S(C)(=O)c1cccc(Cl)c1-c1cc2cnc(Nc3ccc(N4CCNCC4)cc3)nc2n(CC)c1=O. The number of benzene rings is 2. The zero-order valence-corrected chi connectivity index (χ0v) is 22.4. The molecule has 1 unspecified atom stereocenters. The predicted octanol–water partition coefficient (Wildman–Crippen LogP) is 3.99. The zero-order chi connectivity index (χ0) is 26.2. The van der Waals surface area contributed by atoms with Gasteiger partial charge in [-0.2, -0.15) is 4.98 Å². The molecule has 0 amide bonds. The highest BCUT2D eigenvalue weighted by Crippen LogP contribution is 2.33. The second-order valence-corrected chi connectivity index (χ2v) is 12.0. The number of aromatic nitrogens is 3. The van der Waals surface area contributed by atoms with Gasteiger partial charge in [-0.05, 0) is 64.8 Å². The maximum absolute atomic E-state index is 13.6. The molecule has 2 N–H and O–H groups in total. The normalized spacial score (nSPS) is 15.5. The molecule has 0 aliphatic carbocycles. The number of aryl methyl sites for hydroxylation is 1. The first-order valence-electron chi connectivity index (χ1n) is 12.1. The van der Waals surface area contributed by atoms with E-state index in [0.29, 0.717) is 44.6 Å². The topological polar surface area (TPSA) is 92.2 Å². The van der Waals surface area contributed by atoms with Crippen molar-refractivity contribution in [2.45, 2.75) is 18.4 Å². The largest absolute Gasteiger partial charge is 0.369 e. The zero-order valence-electron chi connectivity index (χ0n) is 20.8. The van der Waals surface area contributed by atoms with Crippen LogP contribution in [0.2, 0.25) is 5.02 Å². The number of nitrogens with one attached hydrogen (secondary N) is 2. The van der Waals surface area contributed by atoms with Gasteiger partial charge in [-0.3, -0.25) is 13.6 Å². The second kappa shape index (κ2) is 10.2. The molecular formula is C27H29ClN6O2S. The fourth-order valence-electron chi connectivity index (χ4n) is 4.62. The van der Waals surface area contributed by atoms with Crippen LogP contribution in [0.15, 0.2) is 64.4 Å². The molecule has 0 radical (unpaired) electrons. The third-order valence-electron chi connectivity index (χ3n) is 6.46. The maximum atomic E-state index is 13.6. The van der Waals surface area contributed by atoms with Crippen LogP contribution in [0.3, 0.4) is 0 Å². The molecule has 10 heteroatoms. The molecule has 0 bridgehead atoms. The standard InChI is InChI=1S/C27H29ClN6O2S/c1-4-34-25-18(16-21(26(34)35)24-22(28)6-5-7-23(24)37(2,3)36)17-30-27(32-25)31-19-8-10-20(11-9-19)33-14-12-29-13-15-33/h5-11,16-17,29H,2,4,12-15H2,1,3H3,(H,30,31,32). The lowest BCUT2D eigenvalue weighted by Gasteiger charge is -2.29. The summed E-state index contributed by atoms with van der Waals surface area (Å²) in [5.74, 6) is 4.20. The minimum absolute atomic E-state index is 0.266. The van der Waals surface area contributed by atoms with Crippen molar-refractivity contribution in [3.8, 4) is 11.1 Å². The van der Waals surface area contributed by atoms with Crippen LogP contribution in [0, 0.1) is 0 Å². The number of piperazine rings is 1. The van der Waals surface area contributed by atoms with E-state index < -0.39 is 9.52 Å². The Balaban J connectivity index is 1.52. The fourth-order valence-corrected chi connectivity index (χ4v) is 5.98. The fraction of sp³-hybridized carbons (Fsp3) is 0.259. The van der Waals surface area contributed by atoms with E-state index >= 15 is 0 Å². The molecule has 0 saturated carbocycles. The van der Waals surface area contributed by atoms with Crippen LogP contribution in [0.5, 0.6) is 0 Å². The smallest absolute Gasteiger partial charge is 0.260 e. The molecule has 37 heavy (non-hydrogen) atoms. The Morgan fingerprint density at radius 1 is 1.16 bits per heavy atom. The number of nitrogens with zero attached hydrogens (tertiary/aromatic N) is 4. The Hall–Kier alpha value is -3.40. The van der Waals surface area contributed by atoms with Crippen molar-refractivity contribution in [2.24, 2.45) is 0 Å². The minimum Gasteiger partial charge on any atom is -0.369 e. The summed E-state index contributed by atoms with van der Waals surface area (Å²) in [7, 11) is -2.63. The van der Waals surface area contributed by atoms with Crippen LogP contribution >= 0.6 is 11.6 Å². The van der Waals surface area contributed by atoms with Crippen LogP contribution in [0.1, 0.15) is 6.92 Å². The van der Waals surface area contributed by atoms with Gasteiger partial charge in [-0.1, -0.05) is 17.7 Å². The Labute approximate surface area is 221 Å². The summed E-state index contributed by atoms with van der Waals surface area (Å²) in [4.78, 5) is 25.6. The molecule has 3 heterocycles. The molecule has 1 atom stereocenters. The molecule has 1 aliphatic heterocycles. The molecule has 192 valence electrons. The van der Waals surface area contributed by atoms with Crippen LogP contribution in [0.4, 0.5) is 17.3 Å². The van der Waals surface area contributed by atoms with Crippen molar-refractivity contribution in [1.82, 2.24) is 19.9 Å². The van der Waals surface area contributed by atoms with Gasteiger partial charge >= 0.3 is 0 Å². The molecule has 2 aromatic carbocycles. The molecule has 1 fully saturated rings. The van der Waals surface area contributed by atoms with Gasteiger partial charge < -0.3 is 15.5 Å². The number of hydrogen-bond acceptors (Lipinski definition) is 7. The highest BCUT2D eigenvalue weighted by molar-refractivity contribution is 7.99. The van der Waals surface area contributed by atoms with Gasteiger partial charge in [0.1, 0.15) is 5.65 Å². The third kappa shape index (κ3) is 5.07. The second-order valence-electron chi connectivity index (χ2n) is 9.11. The molecule has 4 aromatic rings. The van der Waals surface area contributed by atoms with Crippen molar-refractivity contribution in [1.29, 1.82) is 0 Å². The third-order valence-corrected chi connectivity index (χ3v) is 8.04. The van der Waals surface area contributed by atoms with Crippen LogP contribution in [0.25, 0.3) is 22.2 Å². The summed E-state index contributed by atoms with van der Waals surface area (Å²) < 4.78 is 14.5. The van der Waals surface area contributed by atoms with E-state index in [1.807, 2.05) is 19.1 Å². The molecule has 0 spiro atoms. The predicted molar refractivity (Wildman–Crippen MR) is 154 cm³/mol. The first-order chi connectivity index (χ1) is 17.8. The van der Waals surface area contributed by atoms with E-state index in [9.17, 15) is 9.00 Å². The van der Waals surface area contributed by atoms with Crippen molar-refractivity contribution < 1.29 is 4.21 Å². The summed E-state index contributed by atoms with van der Waals surface area (Å²) in [5, 5.41) is 7.63. The van der Waals surface area contributed by atoms with E-state index in [-0.39, 0.29) is 5.56 Å². The molecule has 5 rings (SSSR count). The quantitative estimate of drug-likeness (QED) is 0.360. The van der Waals surface area contributed by atoms with Gasteiger partial charge in [0, 0.05) is 77.4 Å². The number of fused-ring (bicyclic) bond motifs is 1. The van der Waals surface area contributed by atoms with E-state index in [2.05, 4.69) is 43.5 Å². The molecule has 2 aromatic heterocycles. The van der Waals surface area contributed by atoms with Crippen LogP contribution in [-0.4, -0.2) is 57.0 Å². The van der Waals surface area contributed by atoms with Crippen LogP contribution in [-0.2, 0) is 16.1 Å². The molecule has 1 aliphatic rings. The summed E-state index contributed by atoms with van der Waals surface area (Å²) in [6.45, 7) is 6.21. The summed E-state index contributed by atoms with van der Waals surface area (Å²) in [6, 6.07) is 15.0. The van der Waals surface area contributed by atoms with Gasteiger partial charge in [0.25, 0.3) is 5.56 Å². The van der Waals surface area contributed by atoms with E-state index in [0.717, 1.165) is 31.9 Å². The van der Waals surface area contributed by atoms with Crippen molar-refractivity contribution in [3.05, 3.63) is 70.1 Å². The number of rotatable bonds is 6. The van der Waals surface area contributed by atoms with E-state index in [4.69, 9.17) is 11.6 Å².